The molecule has 2 fully saturated rings. The number of hydrogen-bond donors (Lipinski definition) is 12. The Hall–Kier alpha value is -6.97. The van der Waals surface area contributed by atoms with Gasteiger partial charge in [-0.3, -0.25) is 56.9 Å². The average Bonchev–Trinajstić information content (AvgIpc) is 1.61. The quantitative estimate of drug-likeness (QED) is 0.0302. The van der Waals surface area contributed by atoms with Crippen molar-refractivity contribution in [3.8, 4) is 5.75 Å². The van der Waals surface area contributed by atoms with Gasteiger partial charge in [-0.15, -0.1) is 0 Å². The van der Waals surface area contributed by atoms with Crippen LogP contribution in [0.3, 0.4) is 0 Å². The number of ether oxygens (including phenoxy) is 8. The molecular weight excluding hydrogens is 1400 g/mol. The van der Waals surface area contributed by atoms with Gasteiger partial charge in [-0.1, -0.05) is 41.0 Å². The van der Waals surface area contributed by atoms with Crippen molar-refractivity contribution in [3.05, 3.63) is 23.3 Å². The SMILES string of the molecule is CCC(C)C(=O)CCOCCOCCOCCOCCOCCOCCOCCC(=O)N1CCC(SCc2c(OC)ccc3c4c([nH]c23)S(=O)CC2NC(=O)CNC(=O)[C@H]([C@@H](C)CC)NC(=O)CNC(=O)[C@H](C4)NC(=O)[C@H]([C@@H](C)[C@@H](O)CO)NC(=O)[C@@H]3C[C@@H](O)CN3C(=O)[C@H](CC(N)=O)NC2=O)CC1. The van der Waals surface area contributed by atoms with E-state index in [1.807, 2.05) is 13.8 Å². The predicted molar refractivity (Wildman–Crippen MR) is 377 cm³/mol. The van der Waals surface area contributed by atoms with E-state index in [0.717, 1.165) is 11.3 Å². The number of rotatable bonds is 37. The number of H-pyrrole nitrogens is 1. The van der Waals surface area contributed by atoms with Crippen molar-refractivity contribution >= 4 is 98.3 Å². The zero-order valence-corrected chi connectivity index (χ0v) is 61.9. The number of primary amides is 1. The number of hydrogen-bond acceptors (Lipinski definition) is 24. The summed E-state index contributed by atoms with van der Waals surface area (Å²) in [6.07, 6.45) is -1.95. The lowest BCUT2D eigenvalue weighted by Gasteiger charge is -2.32. The fourth-order valence-corrected chi connectivity index (χ4v) is 14.6. The van der Waals surface area contributed by atoms with Crippen LogP contribution in [0.15, 0.2) is 17.2 Å². The van der Waals surface area contributed by atoms with Gasteiger partial charge in [-0.2, -0.15) is 11.8 Å². The first-order valence-electron chi connectivity index (χ1n) is 35.6. The molecule has 4 aliphatic rings. The highest BCUT2D eigenvalue weighted by atomic mass is 32.2. The molecule has 1 aromatic heterocycles. The number of piperidine rings is 1. The fourth-order valence-electron chi connectivity index (χ4n) is 12.0. The Morgan fingerprint density at radius 1 is 0.683 bits per heavy atom. The number of aliphatic hydroxyl groups is 3. The molecule has 10 amide bonds. The Morgan fingerprint density at radius 3 is 1.81 bits per heavy atom. The van der Waals surface area contributed by atoms with Crippen molar-refractivity contribution in [3.63, 3.8) is 0 Å². The zero-order valence-electron chi connectivity index (χ0n) is 60.3. The van der Waals surface area contributed by atoms with Crippen LogP contribution in [0.4, 0.5) is 0 Å². The second-order valence-corrected chi connectivity index (χ2v) is 28.8. The minimum absolute atomic E-state index is 0.0261. The molecule has 0 spiro atoms. The molecule has 4 aliphatic heterocycles. The first kappa shape index (κ1) is 86.0. The average molecular weight is 1510 g/mol. The molecule has 12 atom stereocenters. The third kappa shape index (κ3) is 26.8. The standard InChI is InChI=1S/C68H107N11O23S2/c1-7-40(3)52(82)13-17-96-19-21-98-23-25-100-27-29-102-30-28-101-26-24-99-22-20-97-18-14-58(87)78-15-11-44(12-16-78)103-38-47-54(95-6)10-9-45-46-32-48-62(88)70-35-57(86)75-59(41(4)8-2)65(91)71-34-56(85)72-50(39-104(94)67(46)77-61(45)47)63(89)74-49(33-55(69)84)68(93)79-36-43(81)31-51(79)64(90)76-60(66(92)73-48)42(5)53(83)37-80/h9-10,40-44,48-51,53,59-60,77,80-81,83H,7-8,11-39H2,1-6H3,(H2,69,84)(H,70,88)(H,71,91)(H,72,85)(H,73,92)(H,74,89)(H,75,86)(H,76,90)/t40?,41-,42-,43+,48-,49-,50?,51-,53-,59-,60-,104?/m0/s1. The van der Waals surface area contributed by atoms with Crippen LogP contribution in [0, 0.1) is 17.8 Å². The molecule has 584 valence electrons. The Balaban J connectivity index is 1.12. The van der Waals surface area contributed by atoms with Crippen LogP contribution in [-0.2, 0) is 109 Å². The third-order valence-corrected chi connectivity index (χ3v) is 21.5. The number of nitrogens with zero attached hydrogens (tertiary/aromatic N) is 2. The first-order chi connectivity index (χ1) is 49.9. The molecular formula is C68H107N11O23S2. The van der Waals surface area contributed by atoms with Crippen LogP contribution in [0.5, 0.6) is 5.75 Å². The lowest BCUT2D eigenvalue weighted by atomic mass is 9.93. The van der Waals surface area contributed by atoms with Crippen molar-refractivity contribution in [2.24, 2.45) is 23.5 Å². The van der Waals surface area contributed by atoms with Gasteiger partial charge in [0.15, 0.2) is 0 Å². The van der Waals surface area contributed by atoms with E-state index in [9.17, 15) is 68.1 Å². The van der Waals surface area contributed by atoms with Gasteiger partial charge in [0, 0.05) is 72.7 Å². The maximum atomic E-state index is 15.5. The number of ketones is 1. The summed E-state index contributed by atoms with van der Waals surface area (Å²) in [6, 6.07) is -6.95. The largest absolute Gasteiger partial charge is 0.496 e. The van der Waals surface area contributed by atoms with Crippen LogP contribution in [0.1, 0.15) is 97.1 Å². The predicted octanol–water partition coefficient (Wildman–Crippen LogP) is -2.88. The van der Waals surface area contributed by atoms with E-state index in [2.05, 4.69) is 42.2 Å². The molecule has 104 heavy (non-hydrogen) atoms. The number of Topliss-reactive ketones (excluding diaryl/α,β-unsaturated/α-hetero) is 1. The number of nitrogens with one attached hydrogen (secondary N) is 8. The summed E-state index contributed by atoms with van der Waals surface area (Å²) < 4.78 is 60.2. The van der Waals surface area contributed by atoms with Gasteiger partial charge in [-0.25, -0.2) is 0 Å². The van der Waals surface area contributed by atoms with Gasteiger partial charge >= 0.3 is 0 Å². The number of aromatic nitrogens is 1. The minimum atomic E-state index is -2.46. The number of nitrogens with two attached hydrogens (primary N) is 1. The highest BCUT2D eigenvalue weighted by Crippen LogP contribution is 2.38. The van der Waals surface area contributed by atoms with Crippen LogP contribution in [-0.4, -0.2) is 298 Å². The van der Waals surface area contributed by atoms with Gasteiger partial charge in [0.1, 0.15) is 52.8 Å². The molecule has 0 saturated carbocycles. The molecule has 0 aliphatic carbocycles. The van der Waals surface area contributed by atoms with Crippen molar-refractivity contribution in [2.75, 3.05) is 145 Å². The Bertz CT molecular complexity index is 3210. The Morgan fingerprint density at radius 2 is 1.25 bits per heavy atom. The number of benzene rings is 1. The lowest BCUT2D eigenvalue weighted by Crippen LogP contribution is -2.62. The van der Waals surface area contributed by atoms with Crippen molar-refractivity contribution in [1.82, 2.24) is 52.0 Å². The van der Waals surface area contributed by atoms with E-state index in [1.165, 1.54) is 14.0 Å². The molecule has 3 unspecified atom stereocenters. The summed E-state index contributed by atoms with van der Waals surface area (Å²) in [7, 11) is -1.01. The molecule has 34 nitrogen and oxygen atoms in total. The maximum absolute atomic E-state index is 15.5. The third-order valence-electron chi connectivity index (χ3n) is 18.6. The van der Waals surface area contributed by atoms with Crippen LogP contribution in [0.2, 0.25) is 0 Å². The van der Waals surface area contributed by atoms with E-state index in [-0.39, 0.29) is 58.8 Å². The number of fused-ring (bicyclic) bond motifs is 5. The molecule has 5 heterocycles. The van der Waals surface area contributed by atoms with Crippen LogP contribution >= 0.6 is 11.8 Å². The summed E-state index contributed by atoms with van der Waals surface area (Å²) in [5.74, 6) is -11.2. The van der Waals surface area contributed by atoms with Gasteiger partial charge in [0.05, 0.1) is 166 Å². The fraction of sp³-hybridized carbons (Fsp3) is 0.721. The minimum Gasteiger partial charge on any atom is -0.496 e. The second-order valence-electron chi connectivity index (χ2n) is 26.0. The maximum Gasteiger partial charge on any atom is 0.246 e. The summed E-state index contributed by atoms with van der Waals surface area (Å²) >= 11 is 1.56. The second kappa shape index (κ2) is 44.9. The summed E-state index contributed by atoms with van der Waals surface area (Å²) in [6.45, 7) is 11.7. The highest BCUT2D eigenvalue weighted by Gasteiger charge is 2.45. The molecule has 6 rings (SSSR count). The van der Waals surface area contributed by atoms with Crippen LogP contribution < -0.4 is 47.7 Å². The van der Waals surface area contributed by atoms with Gasteiger partial charge in [0.25, 0.3) is 0 Å². The smallest absolute Gasteiger partial charge is 0.246 e. The molecule has 2 bridgehead atoms. The van der Waals surface area contributed by atoms with Crippen LogP contribution in [0.25, 0.3) is 10.9 Å². The van der Waals surface area contributed by atoms with E-state index in [0.29, 0.717) is 140 Å². The number of aliphatic hydroxyl groups excluding tert-OH is 3. The number of likely N-dealkylation sites (tertiary alicyclic amines) is 1. The van der Waals surface area contributed by atoms with E-state index in [1.54, 1.807) is 42.6 Å². The van der Waals surface area contributed by atoms with Gasteiger partial charge in [-0.05, 0) is 42.9 Å². The van der Waals surface area contributed by atoms with Crippen molar-refractivity contribution < 1.29 is 110 Å². The normalized spacial score (nSPS) is 23.5. The number of amides is 10. The highest BCUT2D eigenvalue weighted by molar-refractivity contribution is 7.99. The number of aromatic amines is 1. The topological polar surface area (TPSA) is 472 Å². The number of carbonyl (C=O) groups excluding carboxylic acids is 11. The zero-order chi connectivity index (χ0) is 75.8. The molecule has 36 heteroatoms. The number of methoxy groups -OCH3 is 1. The Kier molecular flexibility index (Phi) is 37.1. The van der Waals surface area contributed by atoms with E-state index < -0.39 is 176 Å². The number of carbonyl (C=O) groups is 11. The van der Waals surface area contributed by atoms with Gasteiger partial charge in [0.2, 0.25) is 59.1 Å². The molecule has 1 aromatic carbocycles. The summed E-state index contributed by atoms with van der Waals surface area (Å²) in [4.78, 5) is 159. The molecule has 13 N–H and O–H groups in total. The summed E-state index contributed by atoms with van der Waals surface area (Å²) in [5, 5.41) is 49.9. The molecule has 2 aromatic rings. The Labute approximate surface area is 611 Å². The first-order valence-corrected chi connectivity index (χ1v) is 37.9. The van der Waals surface area contributed by atoms with Crippen molar-refractivity contribution in [2.45, 2.75) is 157 Å². The molecule has 0 radical (unpaired) electrons. The molecule has 2 saturated heterocycles. The lowest BCUT2D eigenvalue weighted by molar-refractivity contribution is -0.144. The monoisotopic (exact) mass is 1510 g/mol. The van der Waals surface area contributed by atoms with E-state index >= 15 is 4.21 Å². The summed E-state index contributed by atoms with van der Waals surface area (Å²) in [5.41, 5.74) is 6.63. The van der Waals surface area contributed by atoms with Gasteiger partial charge < -0.3 is 111 Å². The number of thioether (sulfide) groups is 1. The van der Waals surface area contributed by atoms with Crippen molar-refractivity contribution in [1.29, 1.82) is 0 Å². The van der Waals surface area contributed by atoms with E-state index in [4.69, 9.17) is 43.6 Å².